The SMILES string of the molecule is Cc1cc(C(C)(C)C)ccc1-c1cc2cc(Oc3cc(-c4cc(C(C)(C)C)ccn4)cc(C(C)(C)C)c3)nc(-c3cc(C(C)(C)C)c4ccccc4c3)c2s1. The molecule has 282 valence electrons. The molecule has 0 atom stereocenters. The topological polar surface area (TPSA) is 35.0 Å². The number of fused-ring (bicyclic) bond motifs is 2. The summed E-state index contributed by atoms with van der Waals surface area (Å²) in [5.74, 6) is 1.33. The zero-order valence-corrected chi connectivity index (χ0v) is 35.8. The summed E-state index contributed by atoms with van der Waals surface area (Å²) in [4.78, 5) is 11.4. The molecule has 0 spiro atoms. The Morgan fingerprint density at radius 1 is 0.564 bits per heavy atom. The second-order valence-electron chi connectivity index (χ2n) is 19.4. The first-order valence-corrected chi connectivity index (χ1v) is 20.4. The van der Waals surface area contributed by atoms with E-state index in [0.717, 1.165) is 38.4 Å². The second kappa shape index (κ2) is 13.7. The van der Waals surface area contributed by atoms with Crippen LogP contribution in [0.5, 0.6) is 11.6 Å². The van der Waals surface area contributed by atoms with E-state index in [1.54, 1.807) is 0 Å². The molecule has 3 nitrogen and oxygen atoms in total. The van der Waals surface area contributed by atoms with Gasteiger partial charge in [0.25, 0.3) is 0 Å². The quantitative estimate of drug-likeness (QED) is 0.176. The smallest absolute Gasteiger partial charge is 0.220 e. The number of rotatable bonds is 5. The summed E-state index contributed by atoms with van der Waals surface area (Å²) in [6.07, 6.45) is 1.92. The number of benzene rings is 4. The van der Waals surface area contributed by atoms with Crippen LogP contribution in [0, 0.1) is 6.92 Å². The third-order valence-corrected chi connectivity index (χ3v) is 11.9. The number of pyridine rings is 2. The molecule has 0 aliphatic heterocycles. The number of ether oxygens (including phenoxy) is 1. The van der Waals surface area contributed by atoms with Crippen molar-refractivity contribution < 1.29 is 4.74 Å². The summed E-state index contributed by atoms with van der Waals surface area (Å²) < 4.78 is 8.04. The minimum Gasteiger partial charge on any atom is -0.439 e. The van der Waals surface area contributed by atoms with Gasteiger partial charge in [0.2, 0.25) is 5.88 Å². The molecule has 0 saturated carbocycles. The molecule has 0 fully saturated rings. The lowest BCUT2D eigenvalue weighted by Gasteiger charge is -2.23. The van der Waals surface area contributed by atoms with E-state index in [-0.39, 0.29) is 21.7 Å². The molecule has 0 amide bonds. The van der Waals surface area contributed by atoms with E-state index in [2.05, 4.69) is 187 Å². The number of hydrogen-bond acceptors (Lipinski definition) is 4. The molecule has 4 aromatic carbocycles. The first-order chi connectivity index (χ1) is 25.6. The molecule has 55 heavy (non-hydrogen) atoms. The maximum Gasteiger partial charge on any atom is 0.220 e. The summed E-state index contributed by atoms with van der Waals surface area (Å²) in [5, 5.41) is 3.61. The highest BCUT2D eigenvalue weighted by Crippen LogP contribution is 2.44. The first-order valence-electron chi connectivity index (χ1n) is 19.6. The summed E-state index contributed by atoms with van der Waals surface area (Å²) in [7, 11) is 0. The standard InChI is InChI=1S/C51H56N2OS/c1-31-22-36(48(2,3)4)18-19-40(31)44-27-35-28-45(53-46(47(35)55-44)34-23-32-16-14-15-17-41(32)42(26-34)51(11,12)13)54-39-25-33(24-38(29-39)50(8,9)10)43-30-37(20-21-52-43)49(5,6)7/h14-30H,1-13H3. The lowest BCUT2D eigenvalue weighted by atomic mass is 9.82. The molecule has 7 aromatic rings. The minimum atomic E-state index is -0.102. The Morgan fingerprint density at radius 2 is 1.25 bits per heavy atom. The zero-order valence-electron chi connectivity index (χ0n) is 35.0. The molecular formula is C51H56N2OS. The van der Waals surface area contributed by atoms with Crippen LogP contribution in [0.15, 0.2) is 103 Å². The van der Waals surface area contributed by atoms with Crippen LogP contribution >= 0.6 is 11.3 Å². The van der Waals surface area contributed by atoms with Crippen molar-refractivity contribution in [1.82, 2.24) is 9.97 Å². The highest BCUT2D eigenvalue weighted by Gasteiger charge is 2.23. The van der Waals surface area contributed by atoms with E-state index in [4.69, 9.17) is 14.7 Å². The molecule has 4 heteroatoms. The van der Waals surface area contributed by atoms with Crippen LogP contribution in [0.3, 0.4) is 0 Å². The fourth-order valence-corrected chi connectivity index (χ4v) is 8.53. The Hall–Kier alpha value is -4.80. The Kier molecular flexibility index (Phi) is 9.61. The summed E-state index contributed by atoms with van der Waals surface area (Å²) in [6.45, 7) is 29.4. The van der Waals surface area contributed by atoms with Gasteiger partial charge in [0, 0.05) is 33.7 Å². The van der Waals surface area contributed by atoms with Crippen LogP contribution in [-0.2, 0) is 21.7 Å². The van der Waals surface area contributed by atoms with Crippen molar-refractivity contribution >= 4 is 32.2 Å². The average molecular weight is 745 g/mol. The summed E-state index contributed by atoms with van der Waals surface area (Å²) in [6, 6.07) is 35.6. The second-order valence-corrected chi connectivity index (χ2v) is 20.4. The van der Waals surface area contributed by atoms with Crippen LogP contribution in [-0.4, -0.2) is 9.97 Å². The van der Waals surface area contributed by atoms with Gasteiger partial charge in [-0.3, -0.25) is 4.98 Å². The molecule has 0 aliphatic rings. The molecule has 3 heterocycles. The Bertz CT molecular complexity index is 2560. The number of aryl methyl sites for hydroxylation is 1. The van der Waals surface area contributed by atoms with Crippen molar-refractivity contribution in [2.24, 2.45) is 0 Å². The molecule has 3 aromatic heterocycles. The first kappa shape index (κ1) is 38.5. The lowest BCUT2D eigenvalue weighted by Crippen LogP contribution is -2.12. The van der Waals surface area contributed by atoms with Gasteiger partial charge in [-0.05, 0) is 121 Å². The monoisotopic (exact) mass is 744 g/mol. The molecule has 0 aliphatic carbocycles. The molecule has 7 rings (SSSR count). The van der Waals surface area contributed by atoms with Gasteiger partial charge in [0.15, 0.2) is 0 Å². The van der Waals surface area contributed by atoms with Gasteiger partial charge in [-0.15, -0.1) is 11.3 Å². The Morgan fingerprint density at radius 3 is 1.93 bits per heavy atom. The Balaban J connectivity index is 1.43. The van der Waals surface area contributed by atoms with Crippen molar-refractivity contribution in [3.05, 3.63) is 131 Å². The van der Waals surface area contributed by atoms with Gasteiger partial charge in [-0.2, -0.15) is 0 Å². The fraction of sp³-hybridized carbons (Fsp3) is 0.333. The van der Waals surface area contributed by atoms with E-state index in [0.29, 0.717) is 5.88 Å². The van der Waals surface area contributed by atoms with Gasteiger partial charge >= 0.3 is 0 Å². The van der Waals surface area contributed by atoms with E-state index in [9.17, 15) is 0 Å². The van der Waals surface area contributed by atoms with Crippen LogP contribution in [0.2, 0.25) is 0 Å². The Labute approximate surface area is 332 Å². The molecular weight excluding hydrogens is 689 g/mol. The normalized spacial score (nSPS) is 12.8. The van der Waals surface area contributed by atoms with Crippen molar-refractivity contribution in [3.8, 4) is 44.6 Å². The maximum atomic E-state index is 6.89. The van der Waals surface area contributed by atoms with E-state index in [1.165, 1.54) is 49.0 Å². The third kappa shape index (κ3) is 7.98. The summed E-state index contributed by atoms with van der Waals surface area (Å²) in [5.41, 5.74) is 11.6. The van der Waals surface area contributed by atoms with Crippen LogP contribution in [0.25, 0.3) is 53.8 Å². The lowest BCUT2D eigenvalue weighted by molar-refractivity contribution is 0.461. The maximum absolute atomic E-state index is 6.89. The van der Waals surface area contributed by atoms with Gasteiger partial charge < -0.3 is 4.74 Å². The highest BCUT2D eigenvalue weighted by molar-refractivity contribution is 7.22. The third-order valence-electron chi connectivity index (χ3n) is 10.7. The molecule has 0 saturated heterocycles. The number of aromatic nitrogens is 2. The van der Waals surface area contributed by atoms with Crippen LogP contribution < -0.4 is 4.74 Å². The predicted molar refractivity (Wildman–Crippen MR) is 237 cm³/mol. The summed E-state index contributed by atoms with van der Waals surface area (Å²) >= 11 is 1.82. The van der Waals surface area contributed by atoms with Crippen molar-refractivity contribution in [2.75, 3.05) is 0 Å². The molecule has 0 bridgehead atoms. The number of thiophene rings is 1. The van der Waals surface area contributed by atoms with Gasteiger partial charge in [-0.25, -0.2) is 4.98 Å². The zero-order chi connectivity index (χ0) is 39.7. The van der Waals surface area contributed by atoms with Crippen molar-refractivity contribution in [3.63, 3.8) is 0 Å². The van der Waals surface area contributed by atoms with Crippen LogP contribution in [0.1, 0.15) is 111 Å². The molecule has 0 radical (unpaired) electrons. The van der Waals surface area contributed by atoms with Gasteiger partial charge in [-0.1, -0.05) is 126 Å². The van der Waals surface area contributed by atoms with Crippen LogP contribution in [0.4, 0.5) is 0 Å². The average Bonchev–Trinajstić information content (AvgIpc) is 3.53. The van der Waals surface area contributed by atoms with E-state index >= 15 is 0 Å². The molecule has 0 unspecified atom stereocenters. The van der Waals surface area contributed by atoms with Crippen molar-refractivity contribution in [1.29, 1.82) is 0 Å². The van der Waals surface area contributed by atoms with Gasteiger partial charge in [0.05, 0.1) is 16.1 Å². The number of nitrogens with zero attached hydrogens (tertiary/aromatic N) is 2. The molecule has 0 N–H and O–H groups in total. The van der Waals surface area contributed by atoms with Gasteiger partial charge in [0.1, 0.15) is 5.75 Å². The fourth-order valence-electron chi connectivity index (χ4n) is 7.29. The van der Waals surface area contributed by atoms with Crippen molar-refractivity contribution in [2.45, 2.75) is 112 Å². The highest BCUT2D eigenvalue weighted by atomic mass is 32.1. The number of hydrogen-bond donors (Lipinski definition) is 0. The van der Waals surface area contributed by atoms with E-state index < -0.39 is 0 Å². The largest absolute Gasteiger partial charge is 0.439 e. The predicted octanol–water partition coefficient (Wildman–Crippen LogP) is 15.1. The minimum absolute atomic E-state index is 0.0105. The van der Waals surface area contributed by atoms with E-state index in [1.807, 2.05) is 17.5 Å².